The van der Waals surface area contributed by atoms with Crippen LogP contribution in [0, 0.1) is 11.3 Å². The smallest absolute Gasteiger partial charge is 0.323 e. The minimum Gasteiger partial charge on any atom is -0.480 e. The molecular weight excluding hydrogens is 254 g/mol. The van der Waals surface area contributed by atoms with Crippen LogP contribution in [-0.4, -0.2) is 20.6 Å². The van der Waals surface area contributed by atoms with E-state index in [-0.39, 0.29) is 11.6 Å². The lowest BCUT2D eigenvalue weighted by atomic mass is 10.2. The summed E-state index contributed by atoms with van der Waals surface area (Å²) < 4.78 is 1.60. The second-order valence-electron chi connectivity index (χ2n) is 3.77. The maximum atomic E-state index is 10.9. The molecule has 92 valence electrons. The molecular formula is C12H10ClN3O2. The van der Waals surface area contributed by atoms with Gasteiger partial charge in [-0.2, -0.15) is 5.26 Å². The number of aromatic nitrogens is 2. The Balaban J connectivity index is 2.74. The molecule has 6 heteroatoms. The van der Waals surface area contributed by atoms with Crippen molar-refractivity contribution < 1.29 is 9.90 Å². The summed E-state index contributed by atoms with van der Waals surface area (Å²) in [6, 6.07) is 5.23. The SMILES string of the molecule is CCc1nc2c(Cl)c(C#N)ccc2n1CC(=O)O. The van der Waals surface area contributed by atoms with Crippen molar-refractivity contribution >= 4 is 28.6 Å². The summed E-state index contributed by atoms with van der Waals surface area (Å²) in [5.74, 6) is -0.297. The molecule has 18 heavy (non-hydrogen) atoms. The number of halogens is 1. The topological polar surface area (TPSA) is 78.9 Å². The number of aliphatic carboxylic acids is 1. The van der Waals surface area contributed by atoms with Crippen molar-refractivity contribution in [2.75, 3.05) is 0 Å². The van der Waals surface area contributed by atoms with Crippen LogP contribution in [0.2, 0.25) is 5.02 Å². The summed E-state index contributed by atoms with van der Waals surface area (Å²) in [4.78, 5) is 15.2. The number of carboxylic acids is 1. The standard InChI is InChI=1S/C12H10ClN3O2/c1-2-9-15-12-8(16(9)6-10(17)18)4-3-7(5-14)11(12)13/h3-4H,2,6H2,1H3,(H,17,18). The molecule has 1 N–H and O–H groups in total. The monoisotopic (exact) mass is 263 g/mol. The van der Waals surface area contributed by atoms with Crippen LogP contribution in [0.3, 0.4) is 0 Å². The fourth-order valence-electron chi connectivity index (χ4n) is 1.87. The molecule has 0 saturated carbocycles. The number of aryl methyl sites for hydroxylation is 1. The Labute approximate surface area is 108 Å². The van der Waals surface area contributed by atoms with Gasteiger partial charge in [0, 0.05) is 6.42 Å². The fraction of sp³-hybridized carbons (Fsp3) is 0.250. The third kappa shape index (κ3) is 1.91. The second-order valence-corrected chi connectivity index (χ2v) is 4.15. The van der Waals surface area contributed by atoms with Crippen LogP contribution in [0.5, 0.6) is 0 Å². The number of rotatable bonds is 3. The average molecular weight is 264 g/mol. The zero-order chi connectivity index (χ0) is 13.3. The Hall–Kier alpha value is -2.06. The van der Waals surface area contributed by atoms with Crippen LogP contribution in [0.15, 0.2) is 12.1 Å². The molecule has 0 radical (unpaired) electrons. The van der Waals surface area contributed by atoms with Crippen LogP contribution in [0.25, 0.3) is 11.0 Å². The second kappa shape index (κ2) is 4.67. The predicted octanol–water partition coefficient (Wildman–Crippen LogP) is 2.21. The van der Waals surface area contributed by atoms with E-state index in [4.69, 9.17) is 22.0 Å². The lowest BCUT2D eigenvalue weighted by Crippen LogP contribution is -2.11. The zero-order valence-corrected chi connectivity index (χ0v) is 10.4. The number of benzene rings is 1. The Kier molecular flexibility index (Phi) is 3.21. The van der Waals surface area contributed by atoms with Crippen molar-refractivity contribution in [3.05, 3.63) is 28.5 Å². The van der Waals surface area contributed by atoms with Crippen molar-refractivity contribution in [3.8, 4) is 6.07 Å². The van der Waals surface area contributed by atoms with Crippen molar-refractivity contribution in [3.63, 3.8) is 0 Å². The van der Waals surface area contributed by atoms with Gasteiger partial charge in [-0.05, 0) is 12.1 Å². The molecule has 0 fully saturated rings. The van der Waals surface area contributed by atoms with E-state index in [1.54, 1.807) is 16.7 Å². The Morgan fingerprint density at radius 2 is 2.33 bits per heavy atom. The van der Waals surface area contributed by atoms with Crippen LogP contribution in [-0.2, 0) is 17.8 Å². The van der Waals surface area contributed by atoms with Gasteiger partial charge in [-0.3, -0.25) is 4.79 Å². The normalized spacial score (nSPS) is 10.5. The first kappa shape index (κ1) is 12.4. The maximum Gasteiger partial charge on any atom is 0.323 e. The van der Waals surface area contributed by atoms with Crippen LogP contribution in [0.4, 0.5) is 0 Å². The zero-order valence-electron chi connectivity index (χ0n) is 9.64. The van der Waals surface area contributed by atoms with E-state index >= 15 is 0 Å². The lowest BCUT2D eigenvalue weighted by molar-refractivity contribution is -0.137. The minimum absolute atomic E-state index is 0.165. The highest BCUT2D eigenvalue weighted by molar-refractivity contribution is 6.36. The molecule has 0 spiro atoms. The number of hydrogen-bond acceptors (Lipinski definition) is 3. The predicted molar refractivity (Wildman–Crippen MR) is 66.5 cm³/mol. The summed E-state index contributed by atoms with van der Waals surface area (Å²) in [6.45, 7) is 1.72. The summed E-state index contributed by atoms with van der Waals surface area (Å²) >= 11 is 6.07. The van der Waals surface area contributed by atoms with Crippen molar-refractivity contribution in [2.45, 2.75) is 19.9 Å². The van der Waals surface area contributed by atoms with Gasteiger partial charge in [0.2, 0.25) is 0 Å². The molecule has 1 aromatic carbocycles. The molecule has 2 aromatic rings. The van der Waals surface area contributed by atoms with Crippen LogP contribution in [0.1, 0.15) is 18.3 Å². The first-order valence-corrected chi connectivity index (χ1v) is 5.75. The summed E-state index contributed by atoms with van der Waals surface area (Å²) in [7, 11) is 0. The van der Waals surface area contributed by atoms with Crippen molar-refractivity contribution in [1.82, 2.24) is 9.55 Å². The van der Waals surface area contributed by atoms with Gasteiger partial charge in [-0.25, -0.2) is 4.98 Å². The van der Waals surface area contributed by atoms with Crippen molar-refractivity contribution in [1.29, 1.82) is 5.26 Å². The molecule has 2 rings (SSSR count). The molecule has 0 amide bonds. The van der Waals surface area contributed by atoms with E-state index in [0.717, 1.165) is 0 Å². The molecule has 1 heterocycles. The van der Waals surface area contributed by atoms with Gasteiger partial charge in [0.1, 0.15) is 24.0 Å². The lowest BCUT2D eigenvalue weighted by Gasteiger charge is -2.04. The summed E-state index contributed by atoms with van der Waals surface area (Å²) in [6.07, 6.45) is 0.597. The van der Waals surface area contributed by atoms with Gasteiger partial charge in [0.05, 0.1) is 16.1 Å². The third-order valence-corrected chi connectivity index (χ3v) is 3.05. The molecule has 0 atom stereocenters. The van der Waals surface area contributed by atoms with Crippen molar-refractivity contribution in [2.24, 2.45) is 0 Å². The number of nitriles is 1. The Bertz CT molecular complexity index is 670. The molecule has 0 aliphatic heterocycles. The first-order chi connectivity index (χ1) is 8.58. The van der Waals surface area contributed by atoms with E-state index in [9.17, 15) is 4.79 Å². The minimum atomic E-state index is -0.940. The number of fused-ring (bicyclic) bond motifs is 1. The molecule has 0 unspecified atom stereocenters. The van der Waals surface area contributed by atoms with Crippen LogP contribution < -0.4 is 0 Å². The number of nitrogens with zero attached hydrogens (tertiary/aromatic N) is 3. The molecule has 0 bridgehead atoms. The molecule has 0 aliphatic carbocycles. The first-order valence-electron chi connectivity index (χ1n) is 5.38. The van der Waals surface area contributed by atoms with E-state index in [2.05, 4.69) is 4.98 Å². The largest absolute Gasteiger partial charge is 0.480 e. The average Bonchev–Trinajstić information content (AvgIpc) is 2.68. The van der Waals surface area contributed by atoms with E-state index in [0.29, 0.717) is 28.8 Å². The van der Waals surface area contributed by atoms with Gasteiger partial charge in [0.25, 0.3) is 0 Å². The van der Waals surface area contributed by atoms with Gasteiger partial charge < -0.3 is 9.67 Å². The Morgan fingerprint density at radius 1 is 1.61 bits per heavy atom. The number of carboxylic acid groups (broad SMARTS) is 1. The highest BCUT2D eigenvalue weighted by atomic mass is 35.5. The van der Waals surface area contributed by atoms with Gasteiger partial charge in [-0.15, -0.1) is 0 Å². The third-order valence-electron chi connectivity index (χ3n) is 2.67. The number of hydrogen-bond donors (Lipinski definition) is 1. The van der Waals surface area contributed by atoms with Crippen LogP contribution >= 0.6 is 11.6 Å². The highest BCUT2D eigenvalue weighted by Crippen LogP contribution is 2.27. The summed E-state index contributed by atoms with van der Waals surface area (Å²) in [5.41, 5.74) is 1.46. The molecule has 5 nitrogen and oxygen atoms in total. The molecule has 1 aromatic heterocycles. The van der Waals surface area contributed by atoms with E-state index in [1.807, 2.05) is 13.0 Å². The quantitative estimate of drug-likeness (QED) is 0.921. The van der Waals surface area contributed by atoms with Gasteiger partial charge in [0.15, 0.2) is 0 Å². The fourth-order valence-corrected chi connectivity index (χ4v) is 2.12. The number of imidazole rings is 1. The van der Waals surface area contributed by atoms with Gasteiger partial charge >= 0.3 is 5.97 Å². The van der Waals surface area contributed by atoms with E-state index < -0.39 is 5.97 Å². The maximum absolute atomic E-state index is 10.9. The summed E-state index contributed by atoms with van der Waals surface area (Å²) in [5, 5.41) is 18.1. The van der Waals surface area contributed by atoms with E-state index in [1.165, 1.54) is 0 Å². The molecule has 0 saturated heterocycles. The number of carbonyl (C=O) groups is 1. The molecule has 0 aliphatic rings. The van der Waals surface area contributed by atoms with Gasteiger partial charge in [-0.1, -0.05) is 18.5 Å². The highest BCUT2D eigenvalue weighted by Gasteiger charge is 2.16. The Morgan fingerprint density at radius 3 is 2.89 bits per heavy atom.